The minimum Gasteiger partial charge on any atom is -0.377 e. The van der Waals surface area contributed by atoms with Crippen molar-refractivity contribution in [1.82, 2.24) is 4.90 Å². The molecule has 3 heteroatoms. The van der Waals surface area contributed by atoms with Crippen LogP contribution >= 0.6 is 0 Å². The van der Waals surface area contributed by atoms with E-state index in [4.69, 9.17) is 10.00 Å². The standard InChI is InChI=1S/C15H24N2O/c1-13(2)18-12-15-7-5-9-17(15)11-14(10-15)6-3-4-8-16/h6,13H,3-5,7,9-12H2,1-2H3/b14-6-/t15-/m0/s1. The molecule has 100 valence electrons. The van der Waals surface area contributed by atoms with Gasteiger partial charge in [0.25, 0.3) is 0 Å². The van der Waals surface area contributed by atoms with Gasteiger partial charge in [0.1, 0.15) is 0 Å². The molecule has 0 aromatic carbocycles. The van der Waals surface area contributed by atoms with Crippen molar-refractivity contribution in [1.29, 1.82) is 5.26 Å². The zero-order chi connectivity index (χ0) is 13.0. The van der Waals surface area contributed by atoms with E-state index >= 15 is 0 Å². The van der Waals surface area contributed by atoms with Crippen LogP contribution in [0.25, 0.3) is 0 Å². The summed E-state index contributed by atoms with van der Waals surface area (Å²) in [6.07, 6.45) is 7.83. The molecular formula is C15H24N2O. The van der Waals surface area contributed by atoms with E-state index in [2.05, 4.69) is 30.9 Å². The lowest BCUT2D eigenvalue weighted by Gasteiger charge is -2.32. The molecule has 0 saturated carbocycles. The summed E-state index contributed by atoms with van der Waals surface area (Å²) in [4.78, 5) is 2.59. The molecule has 2 aliphatic heterocycles. The Labute approximate surface area is 110 Å². The molecule has 3 nitrogen and oxygen atoms in total. The summed E-state index contributed by atoms with van der Waals surface area (Å²) in [5.74, 6) is 0. The summed E-state index contributed by atoms with van der Waals surface area (Å²) >= 11 is 0. The maximum absolute atomic E-state index is 8.59. The third-order valence-electron chi connectivity index (χ3n) is 4.07. The van der Waals surface area contributed by atoms with Gasteiger partial charge in [-0.25, -0.2) is 0 Å². The van der Waals surface area contributed by atoms with Gasteiger partial charge in [0.15, 0.2) is 0 Å². The predicted octanol–water partition coefficient (Wildman–Crippen LogP) is 2.88. The molecule has 2 saturated heterocycles. The number of hydrogen-bond acceptors (Lipinski definition) is 3. The maximum atomic E-state index is 8.59. The van der Waals surface area contributed by atoms with E-state index in [0.29, 0.717) is 12.5 Å². The average molecular weight is 248 g/mol. The van der Waals surface area contributed by atoms with E-state index in [-0.39, 0.29) is 5.54 Å². The Hall–Kier alpha value is -0.850. The van der Waals surface area contributed by atoms with Gasteiger partial charge >= 0.3 is 0 Å². The second-order valence-corrected chi connectivity index (χ2v) is 5.85. The van der Waals surface area contributed by atoms with Crippen molar-refractivity contribution >= 4 is 0 Å². The summed E-state index contributed by atoms with van der Waals surface area (Å²) < 4.78 is 5.88. The highest BCUT2D eigenvalue weighted by atomic mass is 16.5. The Balaban J connectivity index is 1.96. The normalized spacial score (nSPS) is 30.0. The minimum absolute atomic E-state index is 0.267. The Bertz CT molecular complexity index is 356. The molecule has 2 rings (SSSR count). The molecule has 0 aromatic rings. The first kappa shape index (κ1) is 13.6. The topological polar surface area (TPSA) is 36.3 Å². The minimum atomic E-state index is 0.267. The van der Waals surface area contributed by atoms with Crippen molar-refractivity contribution in [2.75, 3.05) is 19.7 Å². The molecule has 0 aromatic heterocycles. The van der Waals surface area contributed by atoms with Gasteiger partial charge in [-0.2, -0.15) is 5.26 Å². The van der Waals surface area contributed by atoms with Gasteiger partial charge in [0, 0.05) is 18.5 Å². The fourth-order valence-corrected chi connectivity index (χ4v) is 3.18. The summed E-state index contributed by atoms with van der Waals surface area (Å²) in [5, 5.41) is 8.59. The van der Waals surface area contributed by atoms with Crippen molar-refractivity contribution in [3.63, 3.8) is 0 Å². The fourth-order valence-electron chi connectivity index (χ4n) is 3.18. The lowest BCUT2D eigenvalue weighted by Crippen LogP contribution is -2.43. The van der Waals surface area contributed by atoms with Gasteiger partial charge in [-0.05, 0) is 46.1 Å². The third kappa shape index (κ3) is 2.93. The summed E-state index contributed by atoms with van der Waals surface area (Å²) in [6.45, 7) is 7.37. The van der Waals surface area contributed by atoms with E-state index in [1.54, 1.807) is 0 Å². The number of hydrogen-bond donors (Lipinski definition) is 0. The van der Waals surface area contributed by atoms with Crippen LogP contribution in [0.4, 0.5) is 0 Å². The molecule has 0 radical (unpaired) electrons. The largest absolute Gasteiger partial charge is 0.377 e. The third-order valence-corrected chi connectivity index (χ3v) is 4.07. The summed E-state index contributed by atoms with van der Waals surface area (Å²) in [6, 6.07) is 2.21. The lowest BCUT2D eigenvalue weighted by molar-refractivity contribution is 0.00328. The zero-order valence-corrected chi connectivity index (χ0v) is 11.6. The molecule has 2 fully saturated rings. The second kappa shape index (κ2) is 5.86. The molecule has 1 atom stereocenters. The number of ether oxygens (including phenoxy) is 1. The molecule has 0 bridgehead atoms. The van der Waals surface area contributed by atoms with Crippen LogP contribution in [-0.4, -0.2) is 36.2 Å². The predicted molar refractivity (Wildman–Crippen MR) is 72.2 cm³/mol. The van der Waals surface area contributed by atoms with Crippen LogP contribution in [-0.2, 0) is 4.74 Å². The quantitative estimate of drug-likeness (QED) is 0.554. The average Bonchev–Trinajstić information content (AvgIpc) is 2.83. The SMILES string of the molecule is CC(C)OC[C@@]12CCCN1C/C(=C\CCC#N)C2. The number of unbranched alkanes of at least 4 members (excludes halogenated alkanes) is 1. The van der Waals surface area contributed by atoms with Crippen LogP contribution in [0.3, 0.4) is 0 Å². The van der Waals surface area contributed by atoms with Gasteiger partial charge in [-0.15, -0.1) is 0 Å². The van der Waals surface area contributed by atoms with Gasteiger partial charge in [0.2, 0.25) is 0 Å². The van der Waals surface area contributed by atoms with Crippen LogP contribution in [0.5, 0.6) is 0 Å². The molecular weight excluding hydrogens is 224 g/mol. The molecule has 0 amide bonds. The van der Waals surface area contributed by atoms with E-state index in [1.807, 2.05) is 0 Å². The summed E-state index contributed by atoms with van der Waals surface area (Å²) in [7, 11) is 0. The molecule has 0 unspecified atom stereocenters. The molecule has 0 aliphatic carbocycles. The molecule has 2 heterocycles. The Kier molecular flexibility index (Phi) is 4.42. The molecule has 18 heavy (non-hydrogen) atoms. The van der Waals surface area contributed by atoms with Crippen molar-refractivity contribution in [2.24, 2.45) is 0 Å². The fraction of sp³-hybridized carbons (Fsp3) is 0.800. The highest BCUT2D eigenvalue weighted by Crippen LogP contribution is 2.41. The van der Waals surface area contributed by atoms with Crippen LogP contribution in [0, 0.1) is 11.3 Å². The smallest absolute Gasteiger partial charge is 0.0657 e. The first-order valence-electron chi connectivity index (χ1n) is 7.08. The zero-order valence-electron chi connectivity index (χ0n) is 11.6. The highest BCUT2D eigenvalue weighted by molar-refractivity contribution is 5.20. The number of rotatable bonds is 5. The molecule has 0 spiro atoms. The van der Waals surface area contributed by atoms with E-state index < -0.39 is 0 Å². The van der Waals surface area contributed by atoms with Crippen LogP contribution < -0.4 is 0 Å². The number of allylic oxidation sites excluding steroid dienone is 1. The maximum Gasteiger partial charge on any atom is 0.0657 e. The van der Waals surface area contributed by atoms with Gasteiger partial charge in [-0.1, -0.05) is 11.6 Å². The molecule has 2 aliphatic rings. The van der Waals surface area contributed by atoms with Gasteiger partial charge < -0.3 is 4.74 Å². The van der Waals surface area contributed by atoms with Gasteiger partial charge in [-0.3, -0.25) is 4.90 Å². The van der Waals surface area contributed by atoms with Crippen LogP contribution in [0.1, 0.15) is 46.0 Å². The van der Waals surface area contributed by atoms with Crippen molar-refractivity contribution in [3.8, 4) is 6.07 Å². The summed E-state index contributed by atoms with van der Waals surface area (Å²) in [5.41, 5.74) is 1.78. The Morgan fingerprint density at radius 3 is 3.11 bits per heavy atom. The Morgan fingerprint density at radius 1 is 1.56 bits per heavy atom. The van der Waals surface area contributed by atoms with Crippen molar-refractivity contribution in [2.45, 2.75) is 57.6 Å². The lowest BCUT2D eigenvalue weighted by atomic mass is 9.93. The van der Waals surface area contributed by atoms with Crippen molar-refractivity contribution in [3.05, 3.63) is 11.6 Å². The van der Waals surface area contributed by atoms with Crippen LogP contribution in [0.2, 0.25) is 0 Å². The van der Waals surface area contributed by atoms with E-state index in [0.717, 1.165) is 26.0 Å². The van der Waals surface area contributed by atoms with Gasteiger partial charge in [0.05, 0.1) is 18.8 Å². The van der Waals surface area contributed by atoms with Crippen LogP contribution in [0.15, 0.2) is 11.6 Å². The highest BCUT2D eigenvalue weighted by Gasteiger charge is 2.46. The number of fused-ring (bicyclic) bond motifs is 1. The first-order chi connectivity index (χ1) is 8.66. The number of nitrogens with zero attached hydrogens (tertiary/aromatic N) is 2. The first-order valence-corrected chi connectivity index (χ1v) is 7.08. The second-order valence-electron chi connectivity index (χ2n) is 5.85. The van der Waals surface area contributed by atoms with Crippen molar-refractivity contribution < 1.29 is 4.74 Å². The Morgan fingerprint density at radius 2 is 2.39 bits per heavy atom. The number of nitriles is 1. The van der Waals surface area contributed by atoms with E-state index in [9.17, 15) is 0 Å². The molecule has 0 N–H and O–H groups in total. The monoisotopic (exact) mass is 248 g/mol. The van der Waals surface area contributed by atoms with E-state index in [1.165, 1.54) is 25.0 Å².